The third-order valence-electron chi connectivity index (χ3n) is 3.32. The topological polar surface area (TPSA) is 21.6 Å². The Kier molecular flexibility index (Phi) is 3.97. The molecule has 0 amide bonds. The van der Waals surface area contributed by atoms with Crippen LogP contribution in [0.2, 0.25) is 0 Å². The first-order chi connectivity index (χ1) is 10.4. The zero-order chi connectivity index (χ0) is 14.5. The van der Waals surface area contributed by atoms with Crippen molar-refractivity contribution in [2.75, 3.05) is 6.61 Å². The Hall–Kier alpha value is -2.61. The molecule has 0 fully saturated rings. The maximum atomic E-state index is 5.43. The molecule has 0 heterocycles. The summed E-state index contributed by atoms with van der Waals surface area (Å²) in [6.07, 6.45) is 1.91. The van der Waals surface area contributed by atoms with Crippen LogP contribution in [0.1, 0.15) is 12.5 Å². The molecule has 104 valence electrons. The van der Waals surface area contributed by atoms with Crippen LogP contribution in [0, 0.1) is 0 Å². The summed E-state index contributed by atoms with van der Waals surface area (Å²) in [7, 11) is 0. The van der Waals surface area contributed by atoms with Gasteiger partial charge >= 0.3 is 0 Å². The van der Waals surface area contributed by atoms with Gasteiger partial charge in [0.15, 0.2) is 0 Å². The van der Waals surface area contributed by atoms with Crippen LogP contribution in [-0.4, -0.2) is 12.8 Å². The minimum absolute atomic E-state index is 0.679. The van der Waals surface area contributed by atoms with E-state index < -0.39 is 0 Å². The molecule has 2 heteroatoms. The predicted molar refractivity (Wildman–Crippen MR) is 88.8 cm³/mol. The number of hydrogen-bond donors (Lipinski definition) is 0. The highest BCUT2D eigenvalue weighted by Crippen LogP contribution is 2.20. The monoisotopic (exact) mass is 275 g/mol. The van der Waals surface area contributed by atoms with Crippen molar-refractivity contribution in [1.82, 2.24) is 0 Å². The van der Waals surface area contributed by atoms with Crippen LogP contribution in [0.25, 0.3) is 10.8 Å². The van der Waals surface area contributed by atoms with Crippen LogP contribution in [0.4, 0.5) is 5.69 Å². The highest BCUT2D eigenvalue weighted by atomic mass is 16.5. The van der Waals surface area contributed by atoms with Crippen LogP contribution in [0.5, 0.6) is 5.75 Å². The van der Waals surface area contributed by atoms with Gasteiger partial charge in [0, 0.05) is 11.8 Å². The molecular weight excluding hydrogens is 258 g/mol. The summed E-state index contributed by atoms with van der Waals surface area (Å²) in [4.78, 5) is 4.55. The standard InChI is InChI=1S/C19H17NO/c1-2-21-18-12-10-17(11-13-18)20-14-16-8-5-7-15-6-3-4-9-19(15)16/h3-14H,2H2,1H3. The average molecular weight is 275 g/mol. The van der Waals surface area contributed by atoms with Gasteiger partial charge in [-0.25, -0.2) is 0 Å². The lowest BCUT2D eigenvalue weighted by Crippen LogP contribution is -1.89. The fourth-order valence-electron chi connectivity index (χ4n) is 2.30. The van der Waals surface area contributed by atoms with E-state index in [1.807, 2.05) is 37.4 Å². The van der Waals surface area contributed by atoms with Crippen molar-refractivity contribution < 1.29 is 4.74 Å². The summed E-state index contributed by atoms with van der Waals surface area (Å²) < 4.78 is 5.43. The lowest BCUT2D eigenvalue weighted by molar-refractivity contribution is 0.340. The molecule has 0 aliphatic heterocycles. The van der Waals surface area contributed by atoms with E-state index in [0.29, 0.717) is 6.61 Å². The Balaban J connectivity index is 1.87. The van der Waals surface area contributed by atoms with Crippen molar-refractivity contribution in [3.05, 3.63) is 72.3 Å². The second kappa shape index (κ2) is 6.23. The minimum Gasteiger partial charge on any atom is -0.494 e. The number of benzene rings is 3. The van der Waals surface area contributed by atoms with E-state index in [1.54, 1.807) is 0 Å². The van der Waals surface area contributed by atoms with Gasteiger partial charge in [-0.1, -0.05) is 42.5 Å². The van der Waals surface area contributed by atoms with Gasteiger partial charge in [-0.05, 0) is 42.0 Å². The third-order valence-corrected chi connectivity index (χ3v) is 3.32. The van der Waals surface area contributed by atoms with E-state index in [2.05, 4.69) is 47.5 Å². The summed E-state index contributed by atoms with van der Waals surface area (Å²) in [5.74, 6) is 0.876. The fraction of sp³-hybridized carbons (Fsp3) is 0.105. The Morgan fingerprint density at radius 3 is 2.48 bits per heavy atom. The molecule has 0 spiro atoms. The maximum absolute atomic E-state index is 5.43. The van der Waals surface area contributed by atoms with Crippen molar-refractivity contribution in [2.45, 2.75) is 6.92 Å². The summed E-state index contributed by atoms with van der Waals surface area (Å²) in [5.41, 5.74) is 2.05. The molecule has 0 unspecified atom stereocenters. The molecule has 2 nitrogen and oxygen atoms in total. The minimum atomic E-state index is 0.679. The molecule has 0 aliphatic rings. The number of ether oxygens (including phenoxy) is 1. The number of hydrogen-bond acceptors (Lipinski definition) is 2. The van der Waals surface area contributed by atoms with Crippen molar-refractivity contribution in [2.24, 2.45) is 4.99 Å². The molecule has 0 saturated carbocycles. The van der Waals surface area contributed by atoms with Crippen molar-refractivity contribution in [3.8, 4) is 5.75 Å². The largest absolute Gasteiger partial charge is 0.494 e. The first kappa shape index (κ1) is 13.4. The summed E-state index contributed by atoms with van der Waals surface area (Å²) >= 11 is 0. The molecule has 0 saturated heterocycles. The molecule has 3 aromatic carbocycles. The smallest absolute Gasteiger partial charge is 0.119 e. The lowest BCUT2D eigenvalue weighted by Gasteiger charge is -2.03. The number of aliphatic imine (C=N–C) groups is 1. The first-order valence-electron chi connectivity index (χ1n) is 7.11. The summed E-state index contributed by atoms with van der Waals surface area (Å²) in [6, 6.07) is 22.4. The second-order valence-electron chi connectivity index (χ2n) is 4.75. The lowest BCUT2D eigenvalue weighted by atomic mass is 10.1. The van der Waals surface area contributed by atoms with E-state index in [9.17, 15) is 0 Å². The molecule has 0 aliphatic carbocycles. The van der Waals surface area contributed by atoms with Gasteiger partial charge in [-0.15, -0.1) is 0 Å². The van der Waals surface area contributed by atoms with Crippen molar-refractivity contribution in [3.63, 3.8) is 0 Å². The quantitative estimate of drug-likeness (QED) is 0.615. The van der Waals surface area contributed by atoms with Crippen LogP contribution in [-0.2, 0) is 0 Å². The SMILES string of the molecule is CCOc1ccc(N=Cc2cccc3ccccc23)cc1. The second-order valence-corrected chi connectivity index (χ2v) is 4.75. The van der Waals surface area contributed by atoms with Gasteiger partial charge in [0.2, 0.25) is 0 Å². The van der Waals surface area contributed by atoms with Crippen molar-refractivity contribution >= 4 is 22.7 Å². The van der Waals surface area contributed by atoms with Gasteiger partial charge in [0.05, 0.1) is 12.3 Å². The molecule has 0 radical (unpaired) electrons. The molecule has 0 bridgehead atoms. The molecule has 3 rings (SSSR count). The zero-order valence-electron chi connectivity index (χ0n) is 12.0. The maximum Gasteiger partial charge on any atom is 0.119 e. The number of rotatable bonds is 4. The first-order valence-corrected chi connectivity index (χ1v) is 7.11. The van der Waals surface area contributed by atoms with E-state index in [1.165, 1.54) is 10.8 Å². The van der Waals surface area contributed by atoms with Crippen LogP contribution in [0.15, 0.2) is 71.7 Å². The Labute approximate surface area is 124 Å². The van der Waals surface area contributed by atoms with Crippen LogP contribution >= 0.6 is 0 Å². The molecule has 21 heavy (non-hydrogen) atoms. The number of nitrogens with zero attached hydrogens (tertiary/aromatic N) is 1. The zero-order valence-corrected chi connectivity index (χ0v) is 12.0. The Bertz CT molecular complexity index is 755. The van der Waals surface area contributed by atoms with E-state index in [0.717, 1.165) is 17.0 Å². The predicted octanol–water partition coefficient (Wildman–Crippen LogP) is 4.99. The van der Waals surface area contributed by atoms with Gasteiger partial charge in [-0.2, -0.15) is 0 Å². The third kappa shape index (κ3) is 3.11. The molecular formula is C19H17NO. The van der Waals surface area contributed by atoms with Crippen molar-refractivity contribution in [1.29, 1.82) is 0 Å². The van der Waals surface area contributed by atoms with E-state index >= 15 is 0 Å². The normalized spacial score (nSPS) is 11.1. The molecule has 0 N–H and O–H groups in total. The Morgan fingerprint density at radius 2 is 1.67 bits per heavy atom. The highest BCUT2D eigenvalue weighted by Gasteiger charge is 1.97. The molecule has 3 aromatic rings. The van der Waals surface area contributed by atoms with Gasteiger partial charge in [0.1, 0.15) is 5.75 Å². The Morgan fingerprint density at radius 1 is 0.905 bits per heavy atom. The van der Waals surface area contributed by atoms with Crippen LogP contribution < -0.4 is 4.74 Å². The van der Waals surface area contributed by atoms with Gasteiger partial charge in [0.25, 0.3) is 0 Å². The fourth-order valence-corrected chi connectivity index (χ4v) is 2.30. The summed E-state index contributed by atoms with van der Waals surface area (Å²) in [6.45, 7) is 2.66. The van der Waals surface area contributed by atoms with E-state index in [-0.39, 0.29) is 0 Å². The highest BCUT2D eigenvalue weighted by molar-refractivity contribution is 6.00. The molecule has 0 aromatic heterocycles. The van der Waals surface area contributed by atoms with E-state index in [4.69, 9.17) is 4.74 Å². The average Bonchev–Trinajstić information content (AvgIpc) is 2.54. The van der Waals surface area contributed by atoms with Gasteiger partial charge < -0.3 is 4.74 Å². The molecule has 0 atom stereocenters. The van der Waals surface area contributed by atoms with Crippen LogP contribution in [0.3, 0.4) is 0 Å². The number of fused-ring (bicyclic) bond motifs is 1. The summed E-state index contributed by atoms with van der Waals surface area (Å²) in [5, 5.41) is 2.45. The van der Waals surface area contributed by atoms with Gasteiger partial charge in [-0.3, -0.25) is 4.99 Å².